The van der Waals surface area contributed by atoms with Gasteiger partial charge in [0.25, 0.3) is 0 Å². The van der Waals surface area contributed by atoms with Gasteiger partial charge in [-0.25, -0.2) is 4.63 Å². The van der Waals surface area contributed by atoms with Gasteiger partial charge >= 0.3 is 0 Å². The number of hydrogen-bond donors (Lipinski definition) is 0. The summed E-state index contributed by atoms with van der Waals surface area (Å²) in [7, 11) is 0. The van der Waals surface area contributed by atoms with Gasteiger partial charge in [0.2, 0.25) is 0 Å². The molecule has 0 saturated carbocycles. The lowest BCUT2D eigenvalue weighted by Gasteiger charge is -2.25. The molecule has 0 unspecified atom stereocenters. The number of aromatic nitrogens is 2. The zero-order valence-electron chi connectivity index (χ0n) is 6.36. The Morgan fingerprint density at radius 2 is 2.09 bits per heavy atom. The molecule has 2 rings (SSSR count). The summed E-state index contributed by atoms with van der Waals surface area (Å²) in [5.41, 5.74) is 0. The second-order valence-electron chi connectivity index (χ2n) is 2.81. The Labute approximate surface area is 65.1 Å². The number of rotatable bonds is 1. The molecule has 1 saturated heterocycles. The fraction of sp³-hybridized carbons (Fsp3) is 0.714. The maximum absolute atomic E-state index is 4.53. The van der Waals surface area contributed by atoms with Crippen molar-refractivity contribution in [3.05, 3.63) is 6.20 Å². The minimum absolute atomic E-state index is 0.879. The molecule has 0 amide bonds. The molecule has 0 atom stereocenters. The fourth-order valence-electron chi connectivity index (χ4n) is 1.42. The van der Waals surface area contributed by atoms with Gasteiger partial charge in [-0.1, -0.05) is 5.16 Å². The molecular weight excluding hydrogens is 142 g/mol. The molecule has 0 aromatic carbocycles. The average molecular weight is 153 g/mol. The Bertz CT molecular complexity index is 203. The first-order valence-corrected chi connectivity index (χ1v) is 3.99. The molecule has 1 aliphatic heterocycles. The summed E-state index contributed by atoms with van der Waals surface area (Å²) in [5.74, 6) is 0.879. The van der Waals surface area contributed by atoms with Crippen LogP contribution in [0, 0.1) is 0 Å². The van der Waals surface area contributed by atoms with Crippen LogP contribution in [0.2, 0.25) is 0 Å². The fourth-order valence-corrected chi connectivity index (χ4v) is 1.42. The second-order valence-corrected chi connectivity index (χ2v) is 2.81. The summed E-state index contributed by atoms with van der Waals surface area (Å²) in [4.78, 5) is 2.21. The van der Waals surface area contributed by atoms with E-state index in [1.165, 1.54) is 19.3 Å². The van der Waals surface area contributed by atoms with Gasteiger partial charge < -0.3 is 4.90 Å². The van der Waals surface area contributed by atoms with Crippen LogP contribution < -0.4 is 4.90 Å². The summed E-state index contributed by atoms with van der Waals surface area (Å²) in [6.45, 7) is 2.18. The molecule has 4 nitrogen and oxygen atoms in total. The van der Waals surface area contributed by atoms with Crippen LogP contribution in [0.3, 0.4) is 0 Å². The normalized spacial score (nSPS) is 18.7. The van der Waals surface area contributed by atoms with Crippen LogP contribution in [0.1, 0.15) is 19.3 Å². The van der Waals surface area contributed by atoms with Crippen LogP contribution in [0.5, 0.6) is 0 Å². The molecular formula is C7H11N3O. The third-order valence-corrected chi connectivity index (χ3v) is 2.03. The molecule has 0 aliphatic carbocycles. The highest BCUT2D eigenvalue weighted by Crippen LogP contribution is 2.15. The molecule has 1 aromatic heterocycles. The van der Waals surface area contributed by atoms with Crippen LogP contribution in [-0.4, -0.2) is 23.4 Å². The minimum atomic E-state index is 0.879. The topological polar surface area (TPSA) is 42.2 Å². The zero-order valence-corrected chi connectivity index (χ0v) is 6.36. The molecule has 1 aliphatic rings. The van der Waals surface area contributed by atoms with E-state index in [1.807, 2.05) is 0 Å². The Balaban J connectivity index is 2.04. The van der Waals surface area contributed by atoms with E-state index in [9.17, 15) is 0 Å². The van der Waals surface area contributed by atoms with Gasteiger partial charge in [-0.15, -0.1) is 0 Å². The lowest BCUT2D eigenvalue weighted by atomic mass is 10.1. The summed E-state index contributed by atoms with van der Waals surface area (Å²) in [6, 6.07) is 0. The number of nitrogens with zero attached hydrogens (tertiary/aromatic N) is 3. The number of piperidine rings is 1. The molecule has 1 aromatic rings. The standard InChI is InChI=1S/C7H11N3O/c1-2-4-10(5-3-1)7-6-8-11-9-7/h6H,1-5H2. The lowest BCUT2D eigenvalue weighted by Crippen LogP contribution is -2.29. The maximum Gasteiger partial charge on any atom is 0.193 e. The summed E-state index contributed by atoms with van der Waals surface area (Å²) >= 11 is 0. The minimum Gasteiger partial charge on any atom is -0.352 e. The third-order valence-electron chi connectivity index (χ3n) is 2.03. The predicted molar refractivity (Wildman–Crippen MR) is 40.4 cm³/mol. The molecule has 0 spiro atoms. The average Bonchev–Trinajstić information content (AvgIpc) is 2.58. The first-order valence-electron chi connectivity index (χ1n) is 3.99. The Kier molecular flexibility index (Phi) is 1.75. The third kappa shape index (κ3) is 1.34. The van der Waals surface area contributed by atoms with E-state index in [1.54, 1.807) is 6.20 Å². The Morgan fingerprint density at radius 1 is 1.27 bits per heavy atom. The van der Waals surface area contributed by atoms with E-state index in [0.717, 1.165) is 18.9 Å². The monoisotopic (exact) mass is 153 g/mol. The van der Waals surface area contributed by atoms with Crippen molar-refractivity contribution in [3.63, 3.8) is 0 Å². The van der Waals surface area contributed by atoms with Crippen molar-refractivity contribution in [2.24, 2.45) is 0 Å². The molecule has 11 heavy (non-hydrogen) atoms. The maximum atomic E-state index is 4.53. The summed E-state index contributed by atoms with van der Waals surface area (Å²) in [6.07, 6.45) is 5.52. The zero-order chi connectivity index (χ0) is 7.52. The van der Waals surface area contributed by atoms with Gasteiger partial charge in [0.15, 0.2) is 5.82 Å². The summed E-state index contributed by atoms with van der Waals surface area (Å²) < 4.78 is 4.53. The highest BCUT2D eigenvalue weighted by Gasteiger charge is 2.12. The van der Waals surface area contributed by atoms with Crippen LogP contribution >= 0.6 is 0 Å². The SMILES string of the molecule is c1nonc1N1CCCCC1. The van der Waals surface area contributed by atoms with Crippen LogP contribution in [0.4, 0.5) is 5.82 Å². The second kappa shape index (κ2) is 2.90. The number of hydrogen-bond acceptors (Lipinski definition) is 4. The predicted octanol–water partition coefficient (Wildman–Crippen LogP) is 1.06. The molecule has 2 heterocycles. The van der Waals surface area contributed by atoms with Crippen molar-refractivity contribution >= 4 is 5.82 Å². The van der Waals surface area contributed by atoms with Crippen molar-refractivity contribution < 1.29 is 4.63 Å². The molecule has 0 bridgehead atoms. The van der Waals surface area contributed by atoms with E-state index in [0.29, 0.717) is 0 Å². The van der Waals surface area contributed by atoms with E-state index in [4.69, 9.17) is 0 Å². The van der Waals surface area contributed by atoms with Crippen molar-refractivity contribution in [2.45, 2.75) is 19.3 Å². The van der Waals surface area contributed by atoms with E-state index in [-0.39, 0.29) is 0 Å². The van der Waals surface area contributed by atoms with E-state index in [2.05, 4.69) is 19.8 Å². The Morgan fingerprint density at radius 3 is 2.73 bits per heavy atom. The van der Waals surface area contributed by atoms with Gasteiger partial charge in [-0.2, -0.15) is 0 Å². The largest absolute Gasteiger partial charge is 0.352 e. The van der Waals surface area contributed by atoms with Gasteiger partial charge in [0.05, 0.1) is 0 Å². The molecule has 0 N–H and O–H groups in total. The Hall–Kier alpha value is -1.06. The van der Waals surface area contributed by atoms with Crippen LogP contribution in [-0.2, 0) is 0 Å². The highest BCUT2D eigenvalue weighted by atomic mass is 16.6. The van der Waals surface area contributed by atoms with Gasteiger partial charge in [-0.05, 0) is 24.4 Å². The van der Waals surface area contributed by atoms with Crippen LogP contribution in [0.25, 0.3) is 0 Å². The van der Waals surface area contributed by atoms with Crippen molar-refractivity contribution in [3.8, 4) is 0 Å². The first-order chi connectivity index (χ1) is 5.47. The molecule has 60 valence electrons. The smallest absolute Gasteiger partial charge is 0.193 e. The van der Waals surface area contributed by atoms with Crippen molar-refractivity contribution in [2.75, 3.05) is 18.0 Å². The summed E-state index contributed by atoms with van der Waals surface area (Å²) in [5, 5.41) is 7.35. The van der Waals surface area contributed by atoms with Gasteiger partial charge in [-0.3, -0.25) is 0 Å². The quantitative estimate of drug-likeness (QED) is 0.605. The van der Waals surface area contributed by atoms with Crippen molar-refractivity contribution in [1.29, 1.82) is 0 Å². The van der Waals surface area contributed by atoms with Crippen LogP contribution in [0.15, 0.2) is 10.8 Å². The van der Waals surface area contributed by atoms with E-state index >= 15 is 0 Å². The van der Waals surface area contributed by atoms with Gasteiger partial charge in [0, 0.05) is 13.1 Å². The van der Waals surface area contributed by atoms with E-state index < -0.39 is 0 Å². The van der Waals surface area contributed by atoms with Gasteiger partial charge in [0.1, 0.15) is 6.20 Å². The highest BCUT2D eigenvalue weighted by molar-refractivity contribution is 5.33. The first kappa shape index (κ1) is 6.64. The number of anilines is 1. The van der Waals surface area contributed by atoms with Crippen molar-refractivity contribution in [1.82, 2.24) is 10.3 Å². The molecule has 0 radical (unpaired) electrons. The molecule has 1 fully saturated rings. The lowest BCUT2D eigenvalue weighted by molar-refractivity contribution is 0.306. The molecule has 4 heteroatoms.